The minimum Gasteiger partial charge on any atom is -0.362 e. The summed E-state index contributed by atoms with van der Waals surface area (Å²) in [5.74, 6) is 1.93. The van der Waals surface area contributed by atoms with E-state index >= 15 is 0 Å². The van der Waals surface area contributed by atoms with E-state index in [0.29, 0.717) is 23.6 Å². The number of nitrogens with zero attached hydrogens (tertiary/aromatic N) is 4. The van der Waals surface area contributed by atoms with Gasteiger partial charge in [0, 0.05) is 50.2 Å². The van der Waals surface area contributed by atoms with Gasteiger partial charge in [0.25, 0.3) is 5.91 Å². The van der Waals surface area contributed by atoms with Gasteiger partial charge < -0.3 is 15.1 Å². The molecule has 1 saturated heterocycles. The molecule has 0 unspecified atom stereocenters. The summed E-state index contributed by atoms with van der Waals surface area (Å²) in [5, 5.41) is 4.22. The van der Waals surface area contributed by atoms with E-state index in [1.807, 2.05) is 86.6 Å². The van der Waals surface area contributed by atoms with Crippen LogP contribution in [-0.2, 0) is 0 Å². The van der Waals surface area contributed by atoms with Gasteiger partial charge in [-0.25, -0.2) is 4.98 Å². The number of para-hydroxylation sites is 1. The van der Waals surface area contributed by atoms with Gasteiger partial charge in [-0.05, 0) is 67.5 Å². The highest BCUT2D eigenvalue weighted by Crippen LogP contribution is 2.31. The van der Waals surface area contributed by atoms with E-state index in [-0.39, 0.29) is 11.7 Å². The molecule has 0 bridgehead atoms. The van der Waals surface area contributed by atoms with E-state index in [0.717, 1.165) is 65.3 Å². The Bertz CT molecular complexity index is 1520. The van der Waals surface area contributed by atoms with Gasteiger partial charge in [-0.2, -0.15) is 4.98 Å². The smallest absolute Gasteiger partial charge is 0.251 e. The fraction of sp³-hybridized carbons (Fsp3) is 0.312. The summed E-state index contributed by atoms with van der Waals surface area (Å²) < 4.78 is 0. The van der Waals surface area contributed by atoms with Crippen molar-refractivity contribution in [1.29, 1.82) is 0 Å². The van der Waals surface area contributed by atoms with E-state index in [9.17, 15) is 9.59 Å². The molecule has 5 rings (SSSR count). The van der Waals surface area contributed by atoms with Crippen LogP contribution < -0.4 is 15.1 Å². The van der Waals surface area contributed by atoms with Crippen molar-refractivity contribution in [1.82, 2.24) is 15.3 Å². The molecule has 200 valence electrons. The molecule has 7 nitrogen and oxygen atoms in total. The number of hydrogen-bond donors (Lipinski definition) is 1. The predicted molar refractivity (Wildman–Crippen MR) is 158 cm³/mol. The summed E-state index contributed by atoms with van der Waals surface area (Å²) >= 11 is 0. The van der Waals surface area contributed by atoms with Crippen molar-refractivity contribution in [2.75, 3.05) is 43.5 Å². The SMILES string of the molecule is CC(=O)c1ccccc1-c1c(C)cccc1C(=O)NCC1CCN(c2nc(N(C)C)c3ccccc3n2)CC1. The summed E-state index contributed by atoms with van der Waals surface area (Å²) in [7, 11) is 4.01. The topological polar surface area (TPSA) is 78.4 Å². The number of piperidine rings is 1. The molecule has 0 saturated carbocycles. The maximum Gasteiger partial charge on any atom is 0.251 e. The second-order valence-corrected chi connectivity index (χ2v) is 10.5. The van der Waals surface area contributed by atoms with Crippen molar-refractivity contribution in [3.63, 3.8) is 0 Å². The van der Waals surface area contributed by atoms with Crippen molar-refractivity contribution in [2.24, 2.45) is 5.92 Å². The van der Waals surface area contributed by atoms with Crippen LogP contribution in [0.2, 0.25) is 0 Å². The third-order valence-electron chi connectivity index (χ3n) is 7.54. The number of ketones is 1. The number of hydrogen-bond acceptors (Lipinski definition) is 6. The lowest BCUT2D eigenvalue weighted by Gasteiger charge is -2.32. The maximum atomic E-state index is 13.4. The Morgan fingerprint density at radius 1 is 0.923 bits per heavy atom. The molecule has 1 aliphatic rings. The lowest BCUT2D eigenvalue weighted by atomic mass is 9.90. The number of aromatic nitrogens is 2. The molecule has 4 aromatic rings. The number of amides is 1. The average Bonchev–Trinajstić information content (AvgIpc) is 2.95. The van der Waals surface area contributed by atoms with Crippen LogP contribution >= 0.6 is 0 Å². The quantitative estimate of drug-likeness (QED) is 0.323. The molecule has 1 aliphatic heterocycles. The van der Waals surface area contributed by atoms with Crippen molar-refractivity contribution in [2.45, 2.75) is 26.7 Å². The molecule has 1 aromatic heterocycles. The highest BCUT2D eigenvalue weighted by molar-refractivity contribution is 6.07. The van der Waals surface area contributed by atoms with Crippen LogP contribution in [0.3, 0.4) is 0 Å². The number of anilines is 2. The molecule has 1 fully saturated rings. The largest absolute Gasteiger partial charge is 0.362 e. The van der Waals surface area contributed by atoms with E-state index in [1.54, 1.807) is 6.92 Å². The first-order valence-corrected chi connectivity index (χ1v) is 13.5. The Morgan fingerprint density at radius 3 is 2.36 bits per heavy atom. The summed E-state index contributed by atoms with van der Waals surface area (Å²) in [6, 6.07) is 21.3. The minimum absolute atomic E-state index is 0.0138. The Labute approximate surface area is 229 Å². The van der Waals surface area contributed by atoms with Gasteiger partial charge in [0.1, 0.15) is 5.82 Å². The second kappa shape index (κ2) is 11.2. The van der Waals surface area contributed by atoms with E-state index in [2.05, 4.69) is 16.3 Å². The lowest BCUT2D eigenvalue weighted by molar-refractivity contribution is 0.0944. The maximum absolute atomic E-state index is 13.4. The third kappa shape index (κ3) is 5.48. The highest BCUT2D eigenvalue weighted by atomic mass is 16.1. The molecule has 7 heteroatoms. The van der Waals surface area contributed by atoms with Gasteiger partial charge in [0.15, 0.2) is 5.78 Å². The monoisotopic (exact) mass is 521 g/mol. The standard InChI is InChI=1S/C32H35N5O2/c1-21-10-9-14-27(29(21)25-12-6-5-11-24(25)22(2)38)31(39)33-20-23-16-18-37(19-17-23)32-34-28-15-8-7-13-26(28)30(35-32)36(3)4/h5-15,23H,16-20H2,1-4H3,(H,33,39). The van der Waals surface area contributed by atoms with Crippen molar-refractivity contribution in [3.05, 3.63) is 83.4 Å². The molecule has 39 heavy (non-hydrogen) atoms. The van der Waals surface area contributed by atoms with Crippen LogP contribution in [0.15, 0.2) is 66.7 Å². The van der Waals surface area contributed by atoms with Gasteiger partial charge in [-0.15, -0.1) is 0 Å². The number of benzene rings is 3. The van der Waals surface area contributed by atoms with Crippen LogP contribution in [0.25, 0.3) is 22.0 Å². The van der Waals surface area contributed by atoms with E-state index < -0.39 is 0 Å². The lowest BCUT2D eigenvalue weighted by Crippen LogP contribution is -2.39. The predicted octanol–water partition coefficient (Wildman–Crippen LogP) is 5.52. The van der Waals surface area contributed by atoms with Crippen LogP contribution in [0, 0.1) is 12.8 Å². The van der Waals surface area contributed by atoms with Crippen LogP contribution in [0.1, 0.15) is 46.0 Å². The molecule has 1 N–H and O–H groups in total. The van der Waals surface area contributed by atoms with Gasteiger partial charge in [-0.3, -0.25) is 9.59 Å². The average molecular weight is 522 g/mol. The number of nitrogens with one attached hydrogen (secondary N) is 1. The molecule has 0 atom stereocenters. The van der Waals surface area contributed by atoms with Crippen LogP contribution in [-0.4, -0.2) is 55.4 Å². The number of rotatable bonds is 7. The van der Waals surface area contributed by atoms with Crippen molar-refractivity contribution >= 4 is 34.4 Å². The Kier molecular flexibility index (Phi) is 7.59. The second-order valence-electron chi connectivity index (χ2n) is 10.5. The van der Waals surface area contributed by atoms with Crippen LogP contribution in [0.4, 0.5) is 11.8 Å². The molecule has 2 heterocycles. The Morgan fingerprint density at radius 2 is 1.62 bits per heavy atom. The first kappa shape index (κ1) is 26.4. The first-order chi connectivity index (χ1) is 18.8. The van der Waals surface area contributed by atoms with E-state index in [4.69, 9.17) is 9.97 Å². The molecule has 1 amide bonds. The molecule has 3 aromatic carbocycles. The number of Topliss-reactive ketones (excluding diaryl/α,β-unsaturated/α-hetero) is 1. The van der Waals surface area contributed by atoms with E-state index in [1.165, 1.54) is 0 Å². The fourth-order valence-corrected chi connectivity index (χ4v) is 5.42. The summed E-state index contributed by atoms with van der Waals surface area (Å²) in [6.07, 6.45) is 1.89. The summed E-state index contributed by atoms with van der Waals surface area (Å²) in [4.78, 5) is 39.7. The van der Waals surface area contributed by atoms with Gasteiger partial charge in [0.05, 0.1) is 5.52 Å². The molecular weight excluding hydrogens is 486 g/mol. The third-order valence-corrected chi connectivity index (χ3v) is 7.54. The normalized spacial score (nSPS) is 13.9. The minimum atomic E-state index is -0.108. The zero-order valence-corrected chi connectivity index (χ0v) is 23.1. The zero-order valence-electron chi connectivity index (χ0n) is 23.1. The fourth-order valence-electron chi connectivity index (χ4n) is 5.42. The van der Waals surface area contributed by atoms with Crippen LogP contribution in [0.5, 0.6) is 0 Å². The van der Waals surface area contributed by atoms with Gasteiger partial charge in [0.2, 0.25) is 5.95 Å². The number of carbonyl (C=O) groups excluding carboxylic acids is 2. The zero-order chi connectivity index (χ0) is 27.5. The number of aryl methyl sites for hydroxylation is 1. The van der Waals surface area contributed by atoms with Gasteiger partial charge in [-0.1, -0.05) is 48.5 Å². The molecular formula is C32H35N5O2. The Hall–Kier alpha value is -4.26. The highest BCUT2D eigenvalue weighted by Gasteiger charge is 2.24. The van der Waals surface area contributed by atoms with Gasteiger partial charge >= 0.3 is 0 Å². The van der Waals surface area contributed by atoms with Crippen molar-refractivity contribution < 1.29 is 9.59 Å². The summed E-state index contributed by atoms with van der Waals surface area (Å²) in [5.41, 5.74) is 4.76. The number of fused-ring (bicyclic) bond motifs is 1. The Balaban J connectivity index is 1.27. The molecule has 0 aliphatic carbocycles. The molecule has 0 radical (unpaired) electrons. The number of carbonyl (C=O) groups is 2. The van der Waals surface area contributed by atoms with Crippen molar-refractivity contribution in [3.8, 4) is 11.1 Å². The molecule has 0 spiro atoms. The summed E-state index contributed by atoms with van der Waals surface area (Å²) in [6.45, 7) is 5.83. The first-order valence-electron chi connectivity index (χ1n) is 13.5.